The molecule has 0 atom stereocenters. The van der Waals surface area contributed by atoms with Crippen LogP contribution in [0.5, 0.6) is 0 Å². The minimum Gasteiger partial charge on any atom is -0.382 e. The first kappa shape index (κ1) is 10.4. The van der Waals surface area contributed by atoms with Gasteiger partial charge in [0.1, 0.15) is 5.82 Å². The van der Waals surface area contributed by atoms with Crippen molar-refractivity contribution in [3.8, 4) is 0 Å². The molecule has 1 aliphatic heterocycles. The molecule has 0 amide bonds. The quantitative estimate of drug-likeness (QED) is 0.785. The maximum Gasteiger partial charge on any atom is 0.146 e. The number of anilines is 1. The topological polar surface area (TPSA) is 47.3 Å². The number of para-hydroxylation sites is 1. The number of benzene rings is 1. The zero-order chi connectivity index (χ0) is 10.7. The van der Waals surface area contributed by atoms with E-state index in [1.165, 1.54) is 6.07 Å². The molecular formula is C11H15FN2O. The molecule has 3 nitrogen and oxygen atoms in total. The van der Waals surface area contributed by atoms with E-state index in [1.54, 1.807) is 18.2 Å². The van der Waals surface area contributed by atoms with Gasteiger partial charge in [-0.25, -0.2) is 4.39 Å². The first-order valence-corrected chi connectivity index (χ1v) is 5.02. The second-order valence-corrected chi connectivity index (χ2v) is 4.03. The van der Waals surface area contributed by atoms with Crippen molar-refractivity contribution in [1.29, 1.82) is 0 Å². The molecule has 0 bridgehead atoms. The molecule has 0 aliphatic carbocycles. The molecule has 1 aromatic carbocycles. The highest BCUT2D eigenvalue weighted by Crippen LogP contribution is 2.26. The van der Waals surface area contributed by atoms with Crippen molar-refractivity contribution >= 4 is 5.69 Å². The molecule has 15 heavy (non-hydrogen) atoms. The number of ether oxygens (including phenoxy) is 1. The normalized spacial score (nSPS) is 18.3. The second kappa shape index (κ2) is 4.16. The second-order valence-electron chi connectivity index (χ2n) is 4.03. The van der Waals surface area contributed by atoms with Gasteiger partial charge in [-0.1, -0.05) is 12.1 Å². The predicted molar refractivity (Wildman–Crippen MR) is 57.2 cm³/mol. The average Bonchev–Trinajstić information content (AvgIpc) is 2.19. The number of hydrogen-bond donors (Lipinski definition) is 2. The summed E-state index contributed by atoms with van der Waals surface area (Å²) in [5.41, 5.74) is 6.17. The third-order valence-corrected chi connectivity index (χ3v) is 2.78. The zero-order valence-corrected chi connectivity index (χ0v) is 8.50. The van der Waals surface area contributed by atoms with Gasteiger partial charge in [-0.15, -0.1) is 0 Å². The number of halogens is 1. The molecule has 0 unspecified atom stereocenters. The minimum absolute atomic E-state index is 0.0116. The van der Waals surface area contributed by atoms with Crippen molar-refractivity contribution in [2.75, 3.05) is 31.6 Å². The maximum atomic E-state index is 13.3. The predicted octanol–water partition coefficient (Wildman–Crippen LogP) is 1.21. The molecule has 3 N–H and O–H groups in total. The first-order chi connectivity index (χ1) is 7.26. The number of nitrogens with two attached hydrogens (primary N) is 1. The lowest BCUT2D eigenvalue weighted by Crippen LogP contribution is -2.52. The number of nitrogens with one attached hydrogen (secondary N) is 1. The van der Waals surface area contributed by atoms with Crippen LogP contribution >= 0.6 is 0 Å². The Hall–Kier alpha value is -1.13. The fourth-order valence-corrected chi connectivity index (χ4v) is 1.57. The highest BCUT2D eigenvalue weighted by Gasteiger charge is 2.37. The van der Waals surface area contributed by atoms with Crippen molar-refractivity contribution in [3.05, 3.63) is 30.1 Å². The van der Waals surface area contributed by atoms with E-state index in [4.69, 9.17) is 10.5 Å². The van der Waals surface area contributed by atoms with E-state index in [-0.39, 0.29) is 11.2 Å². The van der Waals surface area contributed by atoms with E-state index >= 15 is 0 Å². The lowest BCUT2D eigenvalue weighted by Gasteiger charge is -2.40. The van der Waals surface area contributed by atoms with Crippen LogP contribution < -0.4 is 11.1 Å². The Morgan fingerprint density at radius 2 is 2.13 bits per heavy atom. The molecule has 1 fully saturated rings. The summed E-state index contributed by atoms with van der Waals surface area (Å²) in [6.45, 7) is 2.54. The first-order valence-electron chi connectivity index (χ1n) is 5.02. The van der Waals surface area contributed by atoms with Crippen LogP contribution in [-0.2, 0) is 4.74 Å². The Morgan fingerprint density at radius 3 is 2.67 bits per heavy atom. The van der Waals surface area contributed by atoms with Crippen LogP contribution in [0.4, 0.5) is 10.1 Å². The van der Waals surface area contributed by atoms with Crippen LogP contribution in [0, 0.1) is 11.2 Å². The van der Waals surface area contributed by atoms with Crippen molar-refractivity contribution in [2.45, 2.75) is 0 Å². The van der Waals surface area contributed by atoms with Gasteiger partial charge >= 0.3 is 0 Å². The van der Waals surface area contributed by atoms with Gasteiger partial charge in [0, 0.05) is 18.5 Å². The fourth-order valence-electron chi connectivity index (χ4n) is 1.57. The Labute approximate surface area is 88.4 Å². The molecule has 2 rings (SSSR count). The summed E-state index contributed by atoms with van der Waals surface area (Å²) < 4.78 is 18.4. The lowest BCUT2D eigenvalue weighted by atomic mass is 9.86. The molecule has 1 aromatic rings. The number of rotatable bonds is 4. The van der Waals surface area contributed by atoms with Gasteiger partial charge in [0.15, 0.2) is 0 Å². The minimum atomic E-state index is -0.232. The molecule has 82 valence electrons. The third kappa shape index (κ3) is 2.11. The zero-order valence-electron chi connectivity index (χ0n) is 8.50. The molecule has 1 aliphatic rings. The van der Waals surface area contributed by atoms with Crippen molar-refractivity contribution in [3.63, 3.8) is 0 Å². The van der Waals surface area contributed by atoms with Crippen LogP contribution in [0.15, 0.2) is 24.3 Å². The molecule has 0 saturated carbocycles. The molecule has 1 heterocycles. The maximum absolute atomic E-state index is 13.3. The summed E-state index contributed by atoms with van der Waals surface area (Å²) in [6.07, 6.45) is 0. The fraction of sp³-hybridized carbons (Fsp3) is 0.455. The van der Waals surface area contributed by atoms with Crippen molar-refractivity contribution in [2.24, 2.45) is 11.1 Å². The third-order valence-electron chi connectivity index (χ3n) is 2.78. The summed E-state index contributed by atoms with van der Waals surface area (Å²) in [5.74, 6) is -0.232. The van der Waals surface area contributed by atoms with Crippen LogP contribution in [0.2, 0.25) is 0 Å². The van der Waals surface area contributed by atoms with E-state index in [9.17, 15) is 4.39 Å². The van der Waals surface area contributed by atoms with Crippen LogP contribution in [0.3, 0.4) is 0 Å². The summed E-state index contributed by atoms with van der Waals surface area (Å²) >= 11 is 0. The van der Waals surface area contributed by atoms with Crippen LogP contribution in [-0.4, -0.2) is 26.3 Å². The van der Waals surface area contributed by atoms with E-state index < -0.39 is 0 Å². The molecule has 0 aromatic heterocycles. The SMILES string of the molecule is NCC1(CNc2ccccc2F)COC1. The van der Waals surface area contributed by atoms with Gasteiger partial charge in [0.05, 0.1) is 18.9 Å². The summed E-state index contributed by atoms with van der Waals surface area (Å²) in [7, 11) is 0. The Morgan fingerprint density at radius 1 is 1.40 bits per heavy atom. The number of hydrogen-bond acceptors (Lipinski definition) is 3. The van der Waals surface area contributed by atoms with E-state index in [0.29, 0.717) is 32.0 Å². The Bertz CT molecular complexity index is 334. The van der Waals surface area contributed by atoms with Gasteiger partial charge < -0.3 is 15.8 Å². The van der Waals surface area contributed by atoms with Gasteiger partial charge in [-0.2, -0.15) is 0 Å². The standard InChI is InChI=1S/C11H15FN2O/c12-9-3-1-2-4-10(9)14-6-11(5-13)7-15-8-11/h1-4,14H,5-8,13H2. The van der Waals surface area contributed by atoms with Crippen LogP contribution in [0.25, 0.3) is 0 Å². The highest BCUT2D eigenvalue weighted by molar-refractivity contribution is 5.44. The summed E-state index contributed by atoms with van der Waals surface area (Å²) in [4.78, 5) is 0. The smallest absolute Gasteiger partial charge is 0.146 e. The molecule has 0 radical (unpaired) electrons. The van der Waals surface area contributed by atoms with Gasteiger partial charge in [-0.3, -0.25) is 0 Å². The van der Waals surface area contributed by atoms with Crippen LogP contribution in [0.1, 0.15) is 0 Å². The van der Waals surface area contributed by atoms with E-state index in [0.717, 1.165) is 0 Å². The van der Waals surface area contributed by atoms with Crippen molar-refractivity contribution in [1.82, 2.24) is 0 Å². The largest absolute Gasteiger partial charge is 0.382 e. The Balaban J connectivity index is 1.95. The highest BCUT2D eigenvalue weighted by atomic mass is 19.1. The van der Waals surface area contributed by atoms with Crippen molar-refractivity contribution < 1.29 is 9.13 Å². The summed E-state index contributed by atoms with van der Waals surface area (Å²) in [6, 6.07) is 6.64. The average molecular weight is 210 g/mol. The van der Waals surface area contributed by atoms with E-state index in [1.807, 2.05) is 0 Å². The van der Waals surface area contributed by atoms with Gasteiger partial charge in [0.2, 0.25) is 0 Å². The Kier molecular flexibility index (Phi) is 2.88. The lowest BCUT2D eigenvalue weighted by molar-refractivity contribution is -0.0979. The molecule has 0 spiro atoms. The molecule has 1 saturated heterocycles. The molecule has 4 heteroatoms. The summed E-state index contributed by atoms with van der Waals surface area (Å²) in [5, 5.41) is 3.07. The monoisotopic (exact) mass is 210 g/mol. The van der Waals surface area contributed by atoms with E-state index in [2.05, 4.69) is 5.32 Å². The molecular weight excluding hydrogens is 195 g/mol. The van der Waals surface area contributed by atoms with Gasteiger partial charge in [-0.05, 0) is 12.1 Å². The van der Waals surface area contributed by atoms with Gasteiger partial charge in [0.25, 0.3) is 0 Å².